The molecule has 0 spiro atoms. The van der Waals surface area contributed by atoms with E-state index in [4.69, 9.17) is 5.11 Å². The van der Waals surface area contributed by atoms with Crippen LogP contribution in [0.15, 0.2) is 0 Å². The molecule has 0 aliphatic heterocycles. The Morgan fingerprint density at radius 1 is 1.10 bits per heavy atom. The number of amides is 3. The number of hydrogen-bond donors (Lipinski definition) is 3. The third-order valence-corrected chi connectivity index (χ3v) is 3.00. The Kier molecular flexibility index (Phi) is 6.64. The van der Waals surface area contributed by atoms with E-state index in [1.807, 2.05) is 0 Å². The fourth-order valence-corrected chi connectivity index (χ4v) is 1.85. The number of carboxylic acid groups (broad SMARTS) is 1. The van der Waals surface area contributed by atoms with Crippen LogP contribution in [-0.4, -0.2) is 59.4 Å². The van der Waals surface area contributed by atoms with E-state index in [1.165, 1.54) is 11.8 Å². The van der Waals surface area contributed by atoms with Crippen LogP contribution >= 0.6 is 0 Å². The van der Waals surface area contributed by atoms with Crippen LogP contribution in [-0.2, 0) is 19.2 Å². The molecule has 1 saturated carbocycles. The zero-order valence-corrected chi connectivity index (χ0v) is 12.1. The van der Waals surface area contributed by atoms with Crippen LogP contribution < -0.4 is 10.6 Å². The quantitative estimate of drug-likeness (QED) is 0.477. The van der Waals surface area contributed by atoms with Crippen LogP contribution in [0.3, 0.4) is 0 Å². The second kappa shape index (κ2) is 8.23. The van der Waals surface area contributed by atoms with Gasteiger partial charge in [0.2, 0.25) is 17.7 Å². The molecule has 0 aromatic rings. The van der Waals surface area contributed by atoms with E-state index in [-0.39, 0.29) is 43.1 Å². The van der Waals surface area contributed by atoms with Crippen molar-refractivity contribution in [1.82, 2.24) is 15.5 Å². The molecular formula is C13H21N3O5. The highest BCUT2D eigenvalue weighted by Crippen LogP contribution is 2.27. The second-order valence-corrected chi connectivity index (χ2v) is 4.98. The van der Waals surface area contributed by atoms with E-state index in [1.54, 1.807) is 0 Å². The van der Waals surface area contributed by atoms with Crippen molar-refractivity contribution >= 4 is 23.7 Å². The molecule has 1 aliphatic rings. The normalized spacial score (nSPS) is 13.4. The molecule has 0 saturated heterocycles. The summed E-state index contributed by atoms with van der Waals surface area (Å²) in [6.45, 7) is 1.71. The maximum Gasteiger partial charge on any atom is 0.323 e. The van der Waals surface area contributed by atoms with Crippen molar-refractivity contribution in [2.75, 3.05) is 19.6 Å². The summed E-state index contributed by atoms with van der Waals surface area (Å²) < 4.78 is 0. The molecule has 1 fully saturated rings. The van der Waals surface area contributed by atoms with Crippen molar-refractivity contribution in [2.24, 2.45) is 0 Å². The molecule has 8 nitrogen and oxygen atoms in total. The van der Waals surface area contributed by atoms with E-state index in [0.29, 0.717) is 13.1 Å². The van der Waals surface area contributed by atoms with Crippen molar-refractivity contribution in [3.8, 4) is 0 Å². The Hall–Kier alpha value is -2.12. The minimum Gasteiger partial charge on any atom is -0.480 e. The van der Waals surface area contributed by atoms with Crippen molar-refractivity contribution < 1.29 is 24.3 Å². The monoisotopic (exact) mass is 299 g/mol. The molecule has 0 aromatic carbocycles. The summed E-state index contributed by atoms with van der Waals surface area (Å²) in [4.78, 5) is 46.1. The van der Waals surface area contributed by atoms with Gasteiger partial charge in [0, 0.05) is 38.9 Å². The molecule has 0 aromatic heterocycles. The van der Waals surface area contributed by atoms with Crippen molar-refractivity contribution in [3.05, 3.63) is 0 Å². The molecule has 0 radical (unpaired) electrons. The largest absolute Gasteiger partial charge is 0.480 e. The van der Waals surface area contributed by atoms with Gasteiger partial charge in [-0.3, -0.25) is 19.2 Å². The van der Waals surface area contributed by atoms with Crippen LogP contribution in [0.5, 0.6) is 0 Å². The van der Waals surface area contributed by atoms with Crippen LogP contribution in [0.2, 0.25) is 0 Å². The van der Waals surface area contributed by atoms with E-state index >= 15 is 0 Å². The molecule has 3 N–H and O–H groups in total. The lowest BCUT2D eigenvalue weighted by Crippen LogP contribution is -2.38. The SMILES string of the molecule is CC(=O)NCCNC(=O)CCC(=O)N(CC(=O)O)C1CC1. The molecule has 0 atom stereocenters. The van der Waals surface area contributed by atoms with Gasteiger partial charge in [-0.25, -0.2) is 0 Å². The third kappa shape index (κ3) is 7.28. The molecule has 118 valence electrons. The minimum absolute atomic E-state index is 0.00422. The summed E-state index contributed by atoms with van der Waals surface area (Å²) in [5.74, 6) is -1.82. The Balaban J connectivity index is 2.22. The fourth-order valence-electron chi connectivity index (χ4n) is 1.85. The molecular weight excluding hydrogens is 278 g/mol. The molecule has 3 amide bonds. The second-order valence-electron chi connectivity index (χ2n) is 4.98. The highest BCUT2D eigenvalue weighted by Gasteiger charge is 2.33. The summed E-state index contributed by atoms with van der Waals surface area (Å²) in [6, 6.07) is 0.0106. The highest BCUT2D eigenvalue weighted by molar-refractivity contribution is 5.86. The van der Waals surface area contributed by atoms with Gasteiger partial charge >= 0.3 is 5.97 Å². The van der Waals surface area contributed by atoms with Gasteiger partial charge in [0.05, 0.1) is 0 Å². The molecule has 8 heteroatoms. The van der Waals surface area contributed by atoms with Crippen LogP contribution in [0, 0.1) is 0 Å². The van der Waals surface area contributed by atoms with Gasteiger partial charge in [0.25, 0.3) is 0 Å². The Morgan fingerprint density at radius 3 is 2.24 bits per heavy atom. The third-order valence-electron chi connectivity index (χ3n) is 3.00. The molecule has 0 heterocycles. The summed E-state index contributed by atoms with van der Waals surface area (Å²) in [6.07, 6.45) is 1.65. The van der Waals surface area contributed by atoms with Crippen molar-refractivity contribution in [2.45, 2.75) is 38.6 Å². The number of aliphatic carboxylic acids is 1. The van der Waals surface area contributed by atoms with Gasteiger partial charge in [-0.2, -0.15) is 0 Å². The van der Waals surface area contributed by atoms with E-state index in [2.05, 4.69) is 10.6 Å². The summed E-state index contributed by atoms with van der Waals surface area (Å²) in [7, 11) is 0. The Bertz CT molecular complexity index is 420. The highest BCUT2D eigenvalue weighted by atomic mass is 16.4. The molecule has 1 rings (SSSR count). The first-order valence-corrected chi connectivity index (χ1v) is 6.92. The smallest absolute Gasteiger partial charge is 0.323 e. The van der Waals surface area contributed by atoms with Crippen LogP contribution in [0.4, 0.5) is 0 Å². The molecule has 0 unspecified atom stereocenters. The maximum atomic E-state index is 11.9. The Morgan fingerprint density at radius 2 is 1.71 bits per heavy atom. The first kappa shape index (κ1) is 16.9. The van der Waals surface area contributed by atoms with E-state index in [0.717, 1.165) is 12.8 Å². The standard InChI is InChI=1S/C13H21N3O5/c1-9(17)14-6-7-15-11(18)4-5-12(19)16(8-13(20)21)10-2-3-10/h10H,2-8H2,1H3,(H,14,17)(H,15,18)(H,20,21). The summed E-state index contributed by atoms with van der Waals surface area (Å²) >= 11 is 0. The lowest BCUT2D eigenvalue weighted by molar-refractivity contribution is -0.145. The molecule has 21 heavy (non-hydrogen) atoms. The predicted octanol–water partition coefficient (Wildman–Crippen LogP) is -0.905. The number of nitrogens with one attached hydrogen (secondary N) is 2. The zero-order valence-electron chi connectivity index (χ0n) is 12.1. The summed E-state index contributed by atoms with van der Waals surface area (Å²) in [5, 5.41) is 13.9. The average molecular weight is 299 g/mol. The first-order chi connectivity index (χ1) is 9.90. The molecule has 0 bridgehead atoms. The number of rotatable bonds is 9. The number of hydrogen-bond acceptors (Lipinski definition) is 4. The maximum absolute atomic E-state index is 11.9. The fraction of sp³-hybridized carbons (Fsp3) is 0.692. The van der Waals surface area contributed by atoms with Gasteiger partial charge < -0.3 is 20.6 Å². The van der Waals surface area contributed by atoms with Gasteiger partial charge in [-0.05, 0) is 12.8 Å². The van der Waals surface area contributed by atoms with E-state index in [9.17, 15) is 19.2 Å². The van der Waals surface area contributed by atoms with Crippen LogP contribution in [0.1, 0.15) is 32.6 Å². The van der Waals surface area contributed by atoms with Crippen molar-refractivity contribution in [3.63, 3.8) is 0 Å². The topological polar surface area (TPSA) is 116 Å². The molecule has 1 aliphatic carbocycles. The first-order valence-electron chi connectivity index (χ1n) is 6.92. The predicted molar refractivity (Wildman–Crippen MR) is 73.3 cm³/mol. The number of nitrogens with zero attached hydrogens (tertiary/aromatic N) is 1. The van der Waals surface area contributed by atoms with Gasteiger partial charge in [0.15, 0.2) is 0 Å². The van der Waals surface area contributed by atoms with Gasteiger partial charge in [-0.1, -0.05) is 0 Å². The lowest BCUT2D eigenvalue weighted by Gasteiger charge is -2.20. The lowest BCUT2D eigenvalue weighted by atomic mass is 10.2. The number of carbonyl (C=O) groups excluding carboxylic acids is 3. The van der Waals surface area contributed by atoms with Gasteiger partial charge in [0.1, 0.15) is 6.54 Å². The number of carbonyl (C=O) groups is 4. The Labute approximate surface area is 122 Å². The summed E-state index contributed by atoms with van der Waals surface area (Å²) in [5.41, 5.74) is 0. The van der Waals surface area contributed by atoms with Gasteiger partial charge in [-0.15, -0.1) is 0 Å². The van der Waals surface area contributed by atoms with E-state index < -0.39 is 5.97 Å². The average Bonchev–Trinajstić information content (AvgIpc) is 3.22. The number of carboxylic acids is 1. The van der Waals surface area contributed by atoms with Crippen molar-refractivity contribution in [1.29, 1.82) is 0 Å². The zero-order chi connectivity index (χ0) is 15.8. The minimum atomic E-state index is -1.05. The van der Waals surface area contributed by atoms with Crippen LogP contribution in [0.25, 0.3) is 0 Å².